The minimum absolute atomic E-state index is 0.00274. The smallest absolute Gasteiger partial charge is 0.137 e. The van der Waals surface area contributed by atoms with Gasteiger partial charge in [0.25, 0.3) is 0 Å². The highest BCUT2D eigenvalue weighted by Gasteiger charge is 2.36. The van der Waals surface area contributed by atoms with Crippen molar-refractivity contribution in [1.29, 1.82) is 0 Å². The standard InChI is InChI=1S/C28H36F2N6O3/c29-23-2-7-26(27(30)18-23)28(37,20-36-22-31-21-32-36)19-34-8-1-9-35(11-10-34)24-3-5-25(6-4-24)39-17-14-33-12-15-38-16-13-33/h2-7,18,21-22,37H,1,8-17,19-20H2. The third-order valence-corrected chi connectivity index (χ3v) is 7.38. The number of nitrogens with zero attached hydrogens (tertiary/aromatic N) is 6. The SMILES string of the molecule is OC(CN1CCCN(c2ccc(OCCN3CCOCC3)cc2)CC1)(Cn1cncn1)c1ccc(F)cc1F. The molecule has 210 valence electrons. The normalized spacial score (nSPS) is 19.0. The number of benzene rings is 2. The van der Waals surface area contributed by atoms with E-state index in [1.54, 1.807) is 0 Å². The Morgan fingerprint density at radius 3 is 2.49 bits per heavy atom. The van der Waals surface area contributed by atoms with Crippen molar-refractivity contribution in [2.75, 3.05) is 77.1 Å². The molecule has 0 radical (unpaired) electrons. The molecule has 2 aliphatic heterocycles. The highest BCUT2D eigenvalue weighted by atomic mass is 19.1. The number of morpholine rings is 1. The number of ether oxygens (including phenoxy) is 2. The van der Waals surface area contributed by atoms with Crippen LogP contribution in [0.2, 0.25) is 0 Å². The van der Waals surface area contributed by atoms with Crippen LogP contribution >= 0.6 is 0 Å². The van der Waals surface area contributed by atoms with E-state index in [0.717, 1.165) is 76.4 Å². The molecule has 9 nitrogen and oxygen atoms in total. The van der Waals surface area contributed by atoms with E-state index < -0.39 is 17.2 Å². The first kappa shape index (κ1) is 27.4. The van der Waals surface area contributed by atoms with E-state index in [0.29, 0.717) is 13.2 Å². The number of halogens is 2. The Labute approximate surface area is 227 Å². The second kappa shape index (κ2) is 12.8. The summed E-state index contributed by atoms with van der Waals surface area (Å²) < 4.78 is 41.2. The van der Waals surface area contributed by atoms with E-state index in [2.05, 4.69) is 36.9 Å². The van der Waals surface area contributed by atoms with Crippen LogP contribution in [0.4, 0.5) is 14.5 Å². The summed E-state index contributed by atoms with van der Waals surface area (Å²) in [6, 6.07) is 11.5. The van der Waals surface area contributed by atoms with E-state index >= 15 is 0 Å². The molecule has 0 spiro atoms. The van der Waals surface area contributed by atoms with Crippen LogP contribution < -0.4 is 9.64 Å². The Balaban J connectivity index is 1.19. The molecule has 2 fully saturated rings. The van der Waals surface area contributed by atoms with Crippen LogP contribution in [0.5, 0.6) is 5.75 Å². The predicted molar refractivity (Wildman–Crippen MR) is 143 cm³/mol. The van der Waals surface area contributed by atoms with Gasteiger partial charge in [-0.25, -0.2) is 18.4 Å². The summed E-state index contributed by atoms with van der Waals surface area (Å²) in [7, 11) is 0. The summed E-state index contributed by atoms with van der Waals surface area (Å²) in [6.45, 7) is 8.21. The summed E-state index contributed by atoms with van der Waals surface area (Å²) in [5.74, 6) is -0.609. The number of rotatable bonds is 10. The number of β-amino-alcohol motifs (C(OH)–C–C–N with tert-alkyl or cyclic N) is 1. The van der Waals surface area contributed by atoms with E-state index in [-0.39, 0.29) is 18.7 Å². The Kier molecular flexibility index (Phi) is 9.02. The van der Waals surface area contributed by atoms with Crippen LogP contribution in [0.3, 0.4) is 0 Å². The predicted octanol–water partition coefficient (Wildman–Crippen LogP) is 2.37. The lowest BCUT2D eigenvalue weighted by Crippen LogP contribution is -2.45. The van der Waals surface area contributed by atoms with Gasteiger partial charge in [-0.3, -0.25) is 9.80 Å². The average Bonchev–Trinajstić information content (AvgIpc) is 3.33. The Bertz CT molecular complexity index is 1180. The quantitative estimate of drug-likeness (QED) is 0.419. The van der Waals surface area contributed by atoms with Crippen LogP contribution in [0.15, 0.2) is 55.1 Å². The monoisotopic (exact) mass is 542 g/mol. The van der Waals surface area contributed by atoms with Gasteiger partial charge in [0, 0.05) is 69.7 Å². The molecule has 39 heavy (non-hydrogen) atoms. The van der Waals surface area contributed by atoms with Gasteiger partial charge in [-0.2, -0.15) is 5.10 Å². The molecule has 5 rings (SSSR count). The van der Waals surface area contributed by atoms with Gasteiger partial charge in [0.2, 0.25) is 0 Å². The van der Waals surface area contributed by atoms with E-state index in [1.165, 1.54) is 29.5 Å². The minimum Gasteiger partial charge on any atom is -0.492 e. The van der Waals surface area contributed by atoms with Gasteiger partial charge in [-0.15, -0.1) is 0 Å². The van der Waals surface area contributed by atoms with Crippen molar-refractivity contribution in [2.24, 2.45) is 0 Å². The second-order valence-corrected chi connectivity index (χ2v) is 10.2. The van der Waals surface area contributed by atoms with Crippen molar-refractivity contribution in [2.45, 2.75) is 18.6 Å². The fourth-order valence-corrected chi connectivity index (χ4v) is 5.30. The van der Waals surface area contributed by atoms with E-state index in [4.69, 9.17) is 9.47 Å². The zero-order valence-electron chi connectivity index (χ0n) is 22.1. The summed E-state index contributed by atoms with van der Waals surface area (Å²) in [4.78, 5) is 10.7. The van der Waals surface area contributed by atoms with Crippen LogP contribution in [0.25, 0.3) is 0 Å². The third-order valence-electron chi connectivity index (χ3n) is 7.38. The second-order valence-electron chi connectivity index (χ2n) is 10.2. The first-order valence-corrected chi connectivity index (χ1v) is 13.5. The molecular weight excluding hydrogens is 506 g/mol. The highest BCUT2D eigenvalue weighted by molar-refractivity contribution is 5.49. The molecule has 1 unspecified atom stereocenters. The van der Waals surface area contributed by atoms with E-state index in [1.807, 2.05) is 12.1 Å². The molecule has 0 saturated carbocycles. The first-order chi connectivity index (χ1) is 19.0. The van der Waals surface area contributed by atoms with Gasteiger partial charge < -0.3 is 19.5 Å². The maximum atomic E-state index is 14.8. The molecule has 2 aliphatic rings. The topological polar surface area (TPSA) is 79.1 Å². The molecule has 1 N–H and O–H groups in total. The van der Waals surface area contributed by atoms with Gasteiger partial charge in [0.05, 0.1) is 19.8 Å². The summed E-state index contributed by atoms with van der Waals surface area (Å²) in [5.41, 5.74) is -0.453. The summed E-state index contributed by atoms with van der Waals surface area (Å²) >= 11 is 0. The van der Waals surface area contributed by atoms with Gasteiger partial charge >= 0.3 is 0 Å². The zero-order valence-corrected chi connectivity index (χ0v) is 22.1. The van der Waals surface area contributed by atoms with Crippen molar-refractivity contribution >= 4 is 5.69 Å². The maximum Gasteiger partial charge on any atom is 0.137 e. The number of aliphatic hydroxyl groups is 1. The molecule has 0 bridgehead atoms. The minimum atomic E-state index is -1.61. The van der Waals surface area contributed by atoms with Gasteiger partial charge in [0.15, 0.2) is 0 Å². The Morgan fingerprint density at radius 2 is 1.74 bits per heavy atom. The molecule has 2 saturated heterocycles. The Morgan fingerprint density at radius 1 is 0.923 bits per heavy atom. The molecule has 0 amide bonds. The molecule has 1 aromatic heterocycles. The third kappa shape index (κ3) is 7.30. The number of hydrogen-bond acceptors (Lipinski definition) is 8. The fraction of sp³-hybridized carbons (Fsp3) is 0.500. The maximum absolute atomic E-state index is 14.8. The molecule has 1 atom stereocenters. The first-order valence-electron chi connectivity index (χ1n) is 13.5. The largest absolute Gasteiger partial charge is 0.492 e. The van der Waals surface area contributed by atoms with Crippen molar-refractivity contribution in [3.8, 4) is 5.75 Å². The number of anilines is 1. The Hall–Kier alpha value is -3.12. The molecular formula is C28H36F2N6O3. The fourth-order valence-electron chi connectivity index (χ4n) is 5.30. The lowest BCUT2D eigenvalue weighted by atomic mass is 9.92. The summed E-state index contributed by atoms with van der Waals surface area (Å²) in [6.07, 6.45) is 3.72. The molecule has 3 aromatic rings. The lowest BCUT2D eigenvalue weighted by Gasteiger charge is -2.34. The number of aromatic nitrogens is 3. The zero-order chi connectivity index (χ0) is 27.1. The van der Waals surface area contributed by atoms with Crippen molar-refractivity contribution in [1.82, 2.24) is 24.6 Å². The van der Waals surface area contributed by atoms with Crippen LogP contribution in [0, 0.1) is 11.6 Å². The summed E-state index contributed by atoms with van der Waals surface area (Å²) in [5, 5.41) is 15.8. The molecule has 3 heterocycles. The van der Waals surface area contributed by atoms with Crippen molar-refractivity contribution in [3.05, 3.63) is 72.3 Å². The van der Waals surface area contributed by atoms with Crippen molar-refractivity contribution < 1.29 is 23.4 Å². The molecule has 2 aromatic carbocycles. The van der Waals surface area contributed by atoms with Crippen molar-refractivity contribution in [3.63, 3.8) is 0 Å². The van der Waals surface area contributed by atoms with Gasteiger partial charge in [-0.05, 0) is 36.8 Å². The average molecular weight is 543 g/mol. The van der Waals surface area contributed by atoms with Crippen LogP contribution in [-0.4, -0.2) is 102 Å². The van der Waals surface area contributed by atoms with Gasteiger partial charge in [0.1, 0.15) is 42.2 Å². The highest BCUT2D eigenvalue weighted by Crippen LogP contribution is 2.29. The van der Waals surface area contributed by atoms with Crippen LogP contribution in [-0.2, 0) is 16.9 Å². The number of hydrogen-bond donors (Lipinski definition) is 1. The van der Waals surface area contributed by atoms with E-state index in [9.17, 15) is 13.9 Å². The van der Waals surface area contributed by atoms with Gasteiger partial charge in [-0.1, -0.05) is 6.07 Å². The lowest BCUT2D eigenvalue weighted by molar-refractivity contribution is -0.0201. The molecule has 11 heteroatoms. The molecule has 0 aliphatic carbocycles. The van der Waals surface area contributed by atoms with Crippen LogP contribution in [0.1, 0.15) is 12.0 Å².